The first-order valence-electron chi connectivity index (χ1n) is 7.60. The van der Waals surface area contributed by atoms with Crippen LogP contribution in [0.2, 0.25) is 0 Å². The molecule has 3 aromatic rings. The Labute approximate surface area is 138 Å². The van der Waals surface area contributed by atoms with Crippen molar-refractivity contribution in [2.75, 3.05) is 6.54 Å². The van der Waals surface area contributed by atoms with Crippen LogP contribution in [-0.4, -0.2) is 31.9 Å². The van der Waals surface area contributed by atoms with Crippen LogP contribution < -0.4 is 0 Å². The number of carbonyl (C=O) groups excluding carboxylic acids is 1. The molecule has 1 atom stereocenters. The van der Waals surface area contributed by atoms with Crippen LogP contribution in [-0.2, 0) is 0 Å². The van der Waals surface area contributed by atoms with Gasteiger partial charge in [-0.3, -0.25) is 9.36 Å². The van der Waals surface area contributed by atoms with Gasteiger partial charge >= 0.3 is 0 Å². The summed E-state index contributed by atoms with van der Waals surface area (Å²) in [6.07, 6.45) is 8.96. The van der Waals surface area contributed by atoms with Gasteiger partial charge in [0, 0.05) is 25.1 Å². The SMILES string of the molecule is O=C(c1ccc(-n2ccnc2)nc1)N1CCCC1c1ccsc1. The fourth-order valence-electron chi connectivity index (χ4n) is 3.05. The highest BCUT2D eigenvalue weighted by molar-refractivity contribution is 7.08. The second kappa shape index (κ2) is 5.96. The first-order chi connectivity index (χ1) is 11.3. The van der Waals surface area contributed by atoms with Crippen molar-refractivity contribution in [1.82, 2.24) is 19.4 Å². The summed E-state index contributed by atoms with van der Waals surface area (Å²) in [5.74, 6) is 0.818. The van der Waals surface area contributed by atoms with Crippen molar-refractivity contribution in [2.45, 2.75) is 18.9 Å². The highest BCUT2D eigenvalue weighted by Crippen LogP contribution is 2.34. The van der Waals surface area contributed by atoms with Crippen molar-refractivity contribution < 1.29 is 4.79 Å². The minimum Gasteiger partial charge on any atom is -0.332 e. The predicted molar refractivity (Wildman–Crippen MR) is 88.7 cm³/mol. The molecule has 1 aliphatic heterocycles. The number of pyridine rings is 1. The summed E-state index contributed by atoms with van der Waals surface area (Å²) in [5.41, 5.74) is 1.87. The third-order valence-electron chi connectivity index (χ3n) is 4.21. The lowest BCUT2D eigenvalue weighted by molar-refractivity contribution is 0.0735. The standard InChI is InChI=1S/C17H16N4OS/c22-17(21-7-1-2-15(21)14-5-9-23-11-14)13-3-4-16(19-10-13)20-8-6-18-12-20/h3-6,8-12,15H,1-2,7H2. The van der Waals surface area contributed by atoms with Crippen molar-refractivity contribution >= 4 is 17.2 Å². The van der Waals surface area contributed by atoms with Crippen LogP contribution in [0, 0.1) is 0 Å². The molecule has 4 rings (SSSR count). The van der Waals surface area contributed by atoms with E-state index in [0.717, 1.165) is 25.2 Å². The van der Waals surface area contributed by atoms with E-state index in [1.54, 1.807) is 30.1 Å². The first-order valence-corrected chi connectivity index (χ1v) is 8.54. The molecule has 0 N–H and O–H groups in total. The number of rotatable bonds is 3. The Balaban J connectivity index is 1.56. The molecule has 1 amide bonds. The number of hydrogen-bond acceptors (Lipinski definition) is 4. The summed E-state index contributed by atoms with van der Waals surface area (Å²) >= 11 is 1.68. The molecule has 0 spiro atoms. The minimum atomic E-state index is 0.0587. The molecule has 0 bridgehead atoms. The number of thiophene rings is 1. The molecule has 1 aliphatic rings. The highest BCUT2D eigenvalue weighted by atomic mass is 32.1. The van der Waals surface area contributed by atoms with E-state index in [-0.39, 0.29) is 11.9 Å². The second-order valence-corrected chi connectivity index (χ2v) is 6.37. The van der Waals surface area contributed by atoms with E-state index in [9.17, 15) is 4.79 Å². The Morgan fingerprint density at radius 3 is 2.96 bits per heavy atom. The third kappa shape index (κ3) is 2.66. The van der Waals surface area contributed by atoms with Gasteiger partial charge in [0.05, 0.1) is 11.6 Å². The van der Waals surface area contributed by atoms with Crippen molar-refractivity contribution in [3.8, 4) is 5.82 Å². The molecule has 0 saturated carbocycles. The van der Waals surface area contributed by atoms with Gasteiger partial charge in [0.2, 0.25) is 0 Å². The number of likely N-dealkylation sites (tertiary alicyclic amines) is 1. The van der Waals surface area contributed by atoms with E-state index in [1.165, 1.54) is 5.56 Å². The normalized spacial score (nSPS) is 17.6. The van der Waals surface area contributed by atoms with Crippen LogP contribution >= 0.6 is 11.3 Å². The summed E-state index contributed by atoms with van der Waals surface area (Å²) in [6.45, 7) is 0.808. The van der Waals surface area contributed by atoms with E-state index in [1.807, 2.05) is 27.8 Å². The van der Waals surface area contributed by atoms with Crippen LogP contribution in [0.25, 0.3) is 5.82 Å². The summed E-state index contributed by atoms with van der Waals surface area (Å²) in [6, 6.07) is 6.00. The smallest absolute Gasteiger partial charge is 0.255 e. The largest absolute Gasteiger partial charge is 0.332 e. The maximum atomic E-state index is 12.8. The molecule has 1 fully saturated rings. The molecule has 3 aromatic heterocycles. The molecule has 0 radical (unpaired) electrons. The monoisotopic (exact) mass is 324 g/mol. The van der Waals surface area contributed by atoms with Crippen LogP contribution in [0.4, 0.5) is 0 Å². The molecule has 4 heterocycles. The van der Waals surface area contributed by atoms with Gasteiger partial charge in [-0.05, 0) is 47.4 Å². The topological polar surface area (TPSA) is 51.0 Å². The van der Waals surface area contributed by atoms with Crippen molar-refractivity contribution in [3.63, 3.8) is 0 Å². The Morgan fingerprint density at radius 1 is 1.30 bits per heavy atom. The van der Waals surface area contributed by atoms with Gasteiger partial charge in [0.15, 0.2) is 0 Å². The van der Waals surface area contributed by atoms with Gasteiger partial charge in [0.1, 0.15) is 12.1 Å². The lowest BCUT2D eigenvalue weighted by Gasteiger charge is -2.24. The molecule has 1 saturated heterocycles. The fraction of sp³-hybridized carbons (Fsp3) is 0.235. The van der Waals surface area contributed by atoms with Crippen LogP contribution in [0.3, 0.4) is 0 Å². The summed E-state index contributed by atoms with van der Waals surface area (Å²) in [4.78, 5) is 23.2. The molecule has 6 heteroatoms. The minimum absolute atomic E-state index is 0.0587. The summed E-state index contributed by atoms with van der Waals surface area (Å²) < 4.78 is 1.82. The highest BCUT2D eigenvalue weighted by Gasteiger charge is 2.30. The first kappa shape index (κ1) is 14.1. The molecular formula is C17H16N4OS. The number of aromatic nitrogens is 3. The lowest BCUT2D eigenvalue weighted by Crippen LogP contribution is -2.30. The van der Waals surface area contributed by atoms with Crippen LogP contribution in [0.15, 0.2) is 53.9 Å². The molecule has 0 aliphatic carbocycles. The Bertz CT molecular complexity index is 781. The summed E-state index contributed by atoms with van der Waals surface area (Å²) in [5, 5.41) is 4.20. The molecule has 1 unspecified atom stereocenters. The maximum absolute atomic E-state index is 12.8. The summed E-state index contributed by atoms with van der Waals surface area (Å²) in [7, 11) is 0. The zero-order valence-corrected chi connectivity index (χ0v) is 13.3. The van der Waals surface area contributed by atoms with E-state index in [2.05, 4.69) is 26.8 Å². The van der Waals surface area contributed by atoms with E-state index < -0.39 is 0 Å². The van der Waals surface area contributed by atoms with E-state index in [4.69, 9.17) is 0 Å². The average Bonchev–Trinajstić information content (AvgIpc) is 3.35. The maximum Gasteiger partial charge on any atom is 0.255 e. The molecular weight excluding hydrogens is 308 g/mol. The van der Waals surface area contributed by atoms with E-state index in [0.29, 0.717) is 5.56 Å². The molecule has 116 valence electrons. The molecule has 0 aromatic carbocycles. The number of amides is 1. The number of carbonyl (C=O) groups is 1. The predicted octanol–water partition coefficient (Wildman–Crippen LogP) is 3.31. The quantitative estimate of drug-likeness (QED) is 0.743. The second-order valence-electron chi connectivity index (χ2n) is 5.59. The van der Waals surface area contributed by atoms with Crippen molar-refractivity contribution in [3.05, 3.63) is 65.0 Å². The fourth-order valence-corrected chi connectivity index (χ4v) is 3.75. The zero-order valence-electron chi connectivity index (χ0n) is 12.5. The van der Waals surface area contributed by atoms with Gasteiger partial charge < -0.3 is 4.90 Å². The molecule has 23 heavy (non-hydrogen) atoms. The van der Waals surface area contributed by atoms with Gasteiger partial charge in [-0.15, -0.1) is 0 Å². The van der Waals surface area contributed by atoms with Crippen LogP contribution in [0.5, 0.6) is 0 Å². The van der Waals surface area contributed by atoms with Crippen molar-refractivity contribution in [1.29, 1.82) is 0 Å². The van der Waals surface area contributed by atoms with Gasteiger partial charge in [-0.1, -0.05) is 0 Å². The Hall–Kier alpha value is -2.47. The average molecular weight is 324 g/mol. The van der Waals surface area contributed by atoms with Crippen molar-refractivity contribution in [2.24, 2.45) is 0 Å². The Morgan fingerprint density at radius 2 is 2.26 bits per heavy atom. The van der Waals surface area contributed by atoms with Gasteiger partial charge in [-0.2, -0.15) is 11.3 Å². The lowest BCUT2D eigenvalue weighted by atomic mass is 10.1. The van der Waals surface area contributed by atoms with Crippen LogP contribution in [0.1, 0.15) is 34.8 Å². The molecule has 5 nitrogen and oxygen atoms in total. The van der Waals surface area contributed by atoms with E-state index >= 15 is 0 Å². The number of nitrogens with zero attached hydrogens (tertiary/aromatic N) is 4. The Kier molecular flexibility index (Phi) is 3.67. The van der Waals surface area contributed by atoms with Gasteiger partial charge in [-0.25, -0.2) is 9.97 Å². The number of hydrogen-bond donors (Lipinski definition) is 0. The zero-order chi connectivity index (χ0) is 15.6. The van der Waals surface area contributed by atoms with Gasteiger partial charge in [0.25, 0.3) is 5.91 Å². The third-order valence-corrected chi connectivity index (χ3v) is 4.91. The number of imidazole rings is 1.